The predicted octanol–water partition coefficient (Wildman–Crippen LogP) is 1.57. The van der Waals surface area contributed by atoms with Gasteiger partial charge in [-0.05, 0) is 30.7 Å². The number of ether oxygens (including phenoxy) is 2. The third-order valence-corrected chi connectivity index (χ3v) is 3.15. The summed E-state index contributed by atoms with van der Waals surface area (Å²) in [6.07, 6.45) is 1.54. The molecule has 0 radical (unpaired) electrons. The van der Waals surface area contributed by atoms with E-state index >= 15 is 0 Å². The van der Waals surface area contributed by atoms with Crippen LogP contribution in [0.15, 0.2) is 35.3 Å². The van der Waals surface area contributed by atoms with Crippen molar-refractivity contribution in [1.82, 2.24) is 4.57 Å². The molecule has 0 aliphatic carbocycles. The van der Waals surface area contributed by atoms with Crippen LogP contribution in [-0.4, -0.2) is 22.4 Å². The largest absolute Gasteiger partial charge is 0.477 e. The topological polar surface area (TPSA) is 77.8 Å². The third-order valence-electron chi connectivity index (χ3n) is 3.15. The number of aromatic nitrogens is 1. The van der Waals surface area contributed by atoms with Crippen LogP contribution in [0.1, 0.15) is 15.9 Å². The van der Waals surface area contributed by atoms with Crippen molar-refractivity contribution >= 4 is 5.97 Å². The highest BCUT2D eigenvalue weighted by atomic mass is 16.7. The zero-order valence-corrected chi connectivity index (χ0v) is 10.6. The van der Waals surface area contributed by atoms with E-state index in [1.807, 2.05) is 0 Å². The zero-order valence-electron chi connectivity index (χ0n) is 10.6. The Bertz CT molecular complexity index is 763. The van der Waals surface area contributed by atoms with Gasteiger partial charge in [-0.25, -0.2) is 4.79 Å². The van der Waals surface area contributed by atoms with Gasteiger partial charge in [0.2, 0.25) is 6.79 Å². The second-order valence-corrected chi connectivity index (χ2v) is 4.39. The van der Waals surface area contributed by atoms with Crippen LogP contribution >= 0.6 is 0 Å². The first-order chi connectivity index (χ1) is 9.58. The van der Waals surface area contributed by atoms with Gasteiger partial charge in [0.1, 0.15) is 5.56 Å². The molecule has 2 aromatic rings. The van der Waals surface area contributed by atoms with E-state index in [4.69, 9.17) is 14.6 Å². The second-order valence-electron chi connectivity index (χ2n) is 4.39. The summed E-state index contributed by atoms with van der Waals surface area (Å²) in [5.41, 5.74) is 0.155. The number of aryl methyl sites for hydroxylation is 1. The van der Waals surface area contributed by atoms with Gasteiger partial charge in [0.15, 0.2) is 11.5 Å². The minimum absolute atomic E-state index is 0.141. The number of carboxylic acid groups (broad SMARTS) is 1. The highest BCUT2D eigenvalue weighted by Gasteiger charge is 2.18. The van der Waals surface area contributed by atoms with Crippen LogP contribution in [-0.2, 0) is 0 Å². The molecular weight excluding hydrogens is 262 g/mol. The maximum atomic E-state index is 12.2. The molecule has 3 rings (SSSR count). The molecule has 1 aromatic carbocycles. The molecule has 1 aromatic heterocycles. The molecule has 0 atom stereocenters. The molecule has 6 heteroatoms. The van der Waals surface area contributed by atoms with Gasteiger partial charge in [-0.3, -0.25) is 9.36 Å². The molecule has 0 bridgehead atoms. The molecule has 0 fully saturated rings. The summed E-state index contributed by atoms with van der Waals surface area (Å²) in [5, 5.41) is 9.11. The van der Waals surface area contributed by atoms with Crippen LogP contribution in [0.25, 0.3) is 5.69 Å². The fourth-order valence-corrected chi connectivity index (χ4v) is 2.13. The van der Waals surface area contributed by atoms with E-state index in [9.17, 15) is 9.59 Å². The van der Waals surface area contributed by atoms with Gasteiger partial charge in [0.05, 0.1) is 5.69 Å². The summed E-state index contributed by atoms with van der Waals surface area (Å²) in [6.45, 7) is 1.73. The number of benzene rings is 1. The standard InChI is InChI=1S/C14H11NO5/c1-8-4-5-15(13(16)12(8)14(17)18)9-2-3-10-11(6-9)20-7-19-10/h2-6H,7H2,1H3,(H,17,18). The molecule has 1 aliphatic rings. The predicted molar refractivity (Wildman–Crippen MR) is 69.9 cm³/mol. The SMILES string of the molecule is Cc1ccn(-c2ccc3c(c2)OCO3)c(=O)c1C(=O)O. The van der Waals surface area contributed by atoms with Gasteiger partial charge in [0, 0.05) is 12.3 Å². The van der Waals surface area contributed by atoms with Gasteiger partial charge in [-0.1, -0.05) is 0 Å². The minimum Gasteiger partial charge on any atom is -0.477 e. The lowest BCUT2D eigenvalue weighted by molar-refractivity contribution is 0.0693. The van der Waals surface area contributed by atoms with Gasteiger partial charge in [-0.2, -0.15) is 0 Å². The number of rotatable bonds is 2. The molecule has 2 heterocycles. The Morgan fingerprint density at radius 3 is 2.75 bits per heavy atom. The third kappa shape index (κ3) is 1.82. The smallest absolute Gasteiger partial charge is 0.341 e. The van der Waals surface area contributed by atoms with Crippen molar-refractivity contribution in [1.29, 1.82) is 0 Å². The lowest BCUT2D eigenvalue weighted by Gasteiger charge is -2.09. The number of pyridine rings is 1. The van der Waals surface area contributed by atoms with E-state index in [-0.39, 0.29) is 12.4 Å². The van der Waals surface area contributed by atoms with Gasteiger partial charge in [0.25, 0.3) is 5.56 Å². The first kappa shape index (κ1) is 12.3. The average molecular weight is 273 g/mol. The Kier molecular flexibility index (Phi) is 2.71. The van der Waals surface area contributed by atoms with E-state index in [0.29, 0.717) is 22.7 Å². The van der Waals surface area contributed by atoms with Crippen molar-refractivity contribution in [2.24, 2.45) is 0 Å². The molecule has 6 nitrogen and oxygen atoms in total. The van der Waals surface area contributed by atoms with Gasteiger partial charge < -0.3 is 14.6 Å². The first-order valence-corrected chi connectivity index (χ1v) is 5.93. The van der Waals surface area contributed by atoms with Crippen molar-refractivity contribution in [2.75, 3.05) is 6.79 Å². The Balaban J connectivity index is 2.18. The van der Waals surface area contributed by atoms with Crippen molar-refractivity contribution in [2.45, 2.75) is 6.92 Å². The summed E-state index contributed by atoms with van der Waals surface area (Å²) < 4.78 is 11.7. The van der Waals surface area contributed by atoms with Gasteiger partial charge in [-0.15, -0.1) is 0 Å². The average Bonchev–Trinajstić information content (AvgIpc) is 2.85. The molecule has 0 unspecified atom stereocenters. The number of nitrogens with zero attached hydrogens (tertiary/aromatic N) is 1. The monoisotopic (exact) mass is 273 g/mol. The number of hydrogen-bond donors (Lipinski definition) is 1. The Labute approximate surface area is 113 Å². The summed E-state index contributed by atoms with van der Waals surface area (Å²) in [6, 6.07) is 6.60. The maximum Gasteiger partial charge on any atom is 0.341 e. The summed E-state index contributed by atoms with van der Waals surface area (Å²) >= 11 is 0. The lowest BCUT2D eigenvalue weighted by atomic mass is 10.1. The van der Waals surface area contributed by atoms with E-state index < -0.39 is 11.5 Å². The number of carbonyl (C=O) groups is 1. The van der Waals surface area contributed by atoms with Crippen LogP contribution in [0.3, 0.4) is 0 Å². The zero-order chi connectivity index (χ0) is 14.3. The molecule has 102 valence electrons. The van der Waals surface area contributed by atoms with Crippen LogP contribution in [0.5, 0.6) is 11.5 Å². The normalized spacial score (nSPS) is 12.4. The van der Waals surface area contributed by atoms with E-state index in [2.05, 4.69) is 0 Å². The Morgan fingerprint density at radius 2 is 2.00 bits per heavy atom. The Hall–Kier alpha value is -2.76. The van der Waals surface area contributed by atoms with Crippen LogP contribution < -0.4 is 15.0 Å². The second kappa shape index (κ2) is 4.41. The number of fused-ring (bicyclic) bond motifs is 1. The lowest BCUT2D eigenvalue weighted by Crippen LogP contribution is -2.25. The molecule has 0 saturated heterocycles. The molecule has 1 N–H and O–H groups in total. The highest BCUT2D eigenvalue weighted by molar-refractivity contribution is 5.88. The van der Waals surface area contributed by atoms with Crippen LogP contribution in [0.4, 0.5) is 0 Å². The first-order valence-electron chi connectivity index (χ1n) is 5.93. The van der Waals surface area contributed by atoms with E-state index in [1.165, 1.54) is 4.57 Å². The number of carboxylic acids is 1. The van der Waals surface area contributed by atoms with Crippen molar-refractivity contribution < 1.29 is 19.4 Å². The van der Waals surface area contributed by atoms with E-state index in [0.717, 1.165) is 0 Å². The fourth-order valence-electron chi connectivity index (χ4n) is 2.13. The van der Waals surface area contributed by atoms with Crippen molar-refractivity contribution in [3.63, 3.8) is 0 Å². The van der Waals surface area contributed by atoms with Gasteiger partial charge >= 0.3 is 5.97 Å². The molecular formula is C14H11NO5. The van der Waals surface area contributed by atoms with E-state index in [1.54, 1.807) is 37.4 Å². The fraction of sp³-hybridized carbons (Fsp3) is 0.143. The number of hydrogen-bond acceptors (Lipinski definition) is 4. The summed E-state index contributed by atoms with van der Waals surface area (Å²) in [5.74, 6) is -0.0955. The van der Waals surface area contributed by atoms with Crippen molar-refractivity contribution in [3.8, 4) is 17.2 Å². The van der Waals surface area contributed by atoms with Crippen molar-refractivity contribution in [3.05, 3.63) is 51.9 Å². The molecule has 0 saturated carbocycles. The summed E-state index contributed by atoms with van der Waals surface area (Å²) in [4.78, 5) is 23.4. The Morgan fingerprint density at radius 1 is 1.25 bits per heavy atom. The molecule has 0 amide bonds. The molecule has 20 heavy (non-hydrogen) atoms. The summed E-state index contributed by atoms with van der Waals surface area (Å²) in [7, 11) is 0. The molecule has 1 aliphatic heterocycles. The minimum atomic E-state index is -1.23. The number of aromatic carboxylic acids is 1. The maximum absolute atomic E-state index is 12.2. The van der Waals surface area contributed by atoms with Crippen LogP contribution in [0.2, 0.25) is 0 Å². The quantitative estimate of drug-likeness (QED) is 0.898. The van der Waals surface area contributed by atoms with Crippen LogP contribution in [0, 0.1) is 6.92 Å². The molecule has 0 spiro atoms. The highest BCUT2D eigenvalue weighted by Crippen LogP contribution is 2.33.